The van der Waals surface area contributed by atoms with E-state index in [0.717, 1.165) is 0 Å². The van der Waals surface area contributed by atoms with Crippen LogP contribution in [0.25, 0.3) is 0 Å². The average Bonchev–Trinajstić information content (AvgIpc) is 2.62. The molecule has 74 valence electrons. The molecule has 1 saturated heterocycles. The zero-order chi connectivity index (χ0) is 10.3. The summed E-state index contributed by atoms with van der Waals surface area (Å²) < 4.78 is 0. The van der Waals surface area contributed by atoms with E-state index < -0.39 is 6.09 Å². The fourth-order valence-corrected chi connectivity index (χ4v) is 2.36. The van der Waals surface area contributed by atoms with E-state index in [1.807, 2.05) is 6.07 Å². The molecule has 0 aromatic carbocycles. The molecule has 0 bridgehead atoms. The molecule has 0 aromatic heterocycles. The molecule has 2 rings (SSSR count). The second-order valence-electron chi connectivity index (χ2n) is 3.84. The van der Waals surface area contributed by atoms with Gasteiger partial charge in [-0.15, -0.1) is 0 Å². The number of nitriles is 1. The largest absolute Gasteiger partial charge is 0.465 e. The summed E-state index contributed by atoms with van der Waals surface area (Å²) in [4.78, 5) is 23.2. The van der Waals surface area contributed by atoms with Crippen molar-refractivity contribution in [2.45, 2.75) is 6.42 Å². The predicted octanol–water partition coefficient (Wildman–Crippen LogP) is 0.325. The maximum atomic E-state index is 11.3. The predicted molar refractivity (Wildman–Crippen MR) is 45.3 cm³/mol. The van der Waals surface area contributed by atoms with E-state index in [4.69, 9.17) is 10.4 Å². The van der Waals surface area contributed by atoms with Crippen LogP contribution in [0.4, 0.5) is 4.79 Å². The lowest BCUT2D eigenvalue weighted by Crippen LogP contribution is -2.30. The van der Waals surface area contributed by atoms with Crippen molar-refractivity contribution in [2.75, 3.05) is 13.1 Å². The normalized spacial score (nSPS) is 33.4. The Balaban J connectivity index is 1.89. The Kier molecular flexibility index (Phi) is 1.92. The molecule has 1 N–H and O–H groups in total. The van der Waals surface area contributed by atoms with Gasteiger partial charge in [0.15, 0.2) is 5.78 Å². The van der Waals surface area contributed by atoms with Crippen molar-refractivity contribution in [3.8, 4) is 6.07 Å². The van der Waals surface area contributed by atoms with Gasteiger partial charge >= 0.3 is 6.09 Å². The van der Waals surface area contributed by atoms with E-state index in [2.05, 4.69) is 0 Å². The summed E-state index contributed by atoms with van der Waals surface area (Å²) in [6.45, 7) is 0.920. The van der Waals surface area contributed by atoms with Crippen LogP contribution in [0.5, 0.6) is 0 Å². The van der Waals surface area contributed by atoms with Crippen LogP contribution in [0.2, 0.25) is 0 Å². The number of piperidine rings is 1. The van der Waals surface area contributed by atoms with Crippen LogP contribution in [-0.4, -0.2) is 35.0 Å². The van der Waals surface area contributed by atoms with Crippen LogP contribution in [0.1, 0.15) is 6.42 Å². The summed E-state index contributed by atoms with van der Waals surface area (Å²) in [5.41, 5.74) is 0. The lowest BCUT2D eigenvalue weighted by Gasteiger charge is -2.14. The topological polar surface area (TPSA) is 81.4 Å². The van der Waals surface area contributed by atoms with Crippen LogP contribution in [0.15, 0.2) is 0 Å². The van der Waals surface area contributed by atoms with Gasteiger partial charge in [-0.1, -0.05) is 0 Å². The summed E-state index contributed by atoms with van der Waals surface area (Å²) in [6, 6.07) is 1.83. The van der Waals surface area contributed by atoms with E-state index in [1.54, 1.807) is 0 Å². The van der Waals surface area contributed by atoms with Crippen molar-refractivity contribution in [2.24, 2.45) is 17.8 Å². The number of hydrogen-bond donors (Lipinski definition) is 1. The third kappa shape index (κ3) is 1.23. The van der Waals surface area contributed by atoms with Crippen LogP contribution < -0.4 is 0 Å². The molecule has 0 spiro atoms. The highest BCUT2D eigenvalue weighted by atomic mass is 16.4. The molecule has 14 heavy (non-hydrogen) atoms. The number of ketones is 1. The van der Waals surface area contributed by atoms with E-state index in [0.29, 0.717) is 13.1 Å². The minimum absolute atomic E-state index is 0.0208. The van der Waals surface area contributed by atoms with Crippen molar-refractivity contribution < 1.29 is 14.7 Å². The van der Waals surface area contributed by atoms with Crippen LogP contribution in [-0.2, 0) is 4.79 Å². The maximum absolute atomic E-state index is 11.3. The number of Topliss-reactive ketones (excluding diaryl/α,β-unsaturated/α-hetero) is 1. The van der Waals surface area contributed by atoms with E-state index in [-0.39, 0.29) is 30.0 Å². The number of fused-ring (bicyclic) bond motifs is 1. The molecule has 0 radical (unpaired) electrons. The monoisotopic (exact) mass is 194 g/mol. The van der Waals surface area contributed by atoms with Gasteiger partial charge in [-0.05, 0) is 11.8 Å². The van der Waals surface area contributed by atoms with E-state index >= 15 is 0 Å². The number of carboxylic acid groups (broad SMARTS) is 1. The molecule has 1 amide bonds. The number of amides is 1. The van der Waals surface area contributed by atoms with Gasteiger partial charge in [0, 0.05) is 19.0 Å². The standard InChI is InChI=1S/C9H10N2O3/c10-2-1-7(12)8-5-3-11(9(13)14)4-6(5)8/h5-6,8H,1,3-4H2,(H,13,14). The minimum atomic E-state index is -0.913. The first-order valence-corrected chi connectivity index (χ1v) is 4.52. The molecule has 5 nitrogen and oxygen atoms in total. The molecular weight excluding hydrogens is 184 g/mol. The molecule has 1 heterocycles. The number of carbonyl (C=O) groups is 2. The number of rotatable bonds is 2. The van der Waals surface area contributed by atoms with Crippen LogP contribution in [0.3, 0.4) is 0 Å². The second kappa shape index (κ2) is 2.98. The molecule has 2 aliphatic rings. The van der Waals surface area contributed by atoms with Crippen molar-refractivity contribution in [1.82, 2.24) is 4.90 Å². The Hall–Kier alpha value is -1.57. The highest BCUT2D eigenvalue weighted by molar-refractivity contribution is 5.86. The summed E-state index contributed by atoms with van der Waals surface area (Å²) in [6.07, 6.45) is -0.950. The molecule has 1 saturated carbocycles. The zero-order valence-corrected chi connectivity index (χ0v) is 7.51. The highest BCUT2D eigenvalue weighted by Gasteiger charge is 2.59. The molecule has 2 unspecified atom stereocenters. The molecule has 2 fully saturated rings. The van der Waals surface area contributed by atoms with Gasteiger partial charge in [0.2, 0.25) is 0 Å². The Morgan fingerprint density at radius 2 is 2.00 bits per heavy atom. The van der Waals surface area contributed by atoms with Crippen LogP contribution >= 0.6 is 0 Å². The summed E-state index contributed by atoms with van der Waals surface area (Å²) >= 11 is 0. The Morgan fingerprint density at radius 3 is 2.43 bits per heavy atom. The highest BCUT2D eigenvalue weighted by Crippen LogP contribution is 2.52. The maximum Gasteiger partial charge on any atom is 0.407 e. The number of likely N-dealkylation sites (tertiary alicyclic amines) is 1. The number of hydrogen-bond acceptors (Lipinski definition) is 3. The minimum Gasteiger partial charge on any atom is -0.465 e. The van der Waals surface area contributed by atoms with Crippen molar-refractivity contribution >= 4 is 11.9 Å². The lowest BCUT2D eigenvalue weighted by atomic mass is 10.1. The Labute approximate surface area is 80.9 Å². The Bertz CT molecular complexity index is 321. The van der Waals surface area contributed by atoms with Gasteiger partial charge in [0.05, 0.1) is 12.5 Å². The lowest BCUT2D eigenvalue weighted by molar-refractivity contribution is -0.120. The van der Waals surface area contributed by atoms with Crippen molar-refractivity contribution in [1.29, 1.82) is 5.26 Å². The third-order valence-corrected chi connectivity index (χ3v) is 3.09. The third-order valence-electron chi connectivity index (χ3n) is 3.09. The number of carbonyl (C=O) groups excluding carboxylic acids is 1. The number of nitrogens with zero attached hydrogens (tertiary/aromatic N) is 2. The zero-order valence-electron chi connectivity index (χ0n) is 7.51. The Morgan fingerprint density at radius 1 is 1.43 bits per heavy atom. The van der Waals surface area contributed by atoms with Gasteiger partial charge in [0.1, 0.15) is 0 Å². The summed E-state index contributed by atoms with van der Waals surface area (Å²) in [5, 5.41) is 17.0. The van der Waals surface area contributed by atoms with Gasteiger partial charge < -0.3 is 10.0 Å². The first-order valence-electron chi connectivity index (χ1n) is 4.52. The molecular formula is C9H10N2O3. The van der Waals surface area contributed by atoms with Crippen molar-refractivity contribution in [3.05, 3.63) is 0 Å². The fourth-order valence-electron chi connectivity index (χ4n) is 2.36. The van der Waals surface area contributed by atoms with Gasteiger partial charge in [0.25, 0.3) is 0 Å². The summed E-state index contributed by atoms with van der Waals surface area (Å²) in [7, 11) is 0. The van der Waals surface area contributed by atoms with Gasteiger partial charge in [-0.2, -0.15) is 5.26 Å². The molecule has 5 heteroatoms. The molecule has 0 aromatic rings. The fraction of sp³-hybridized carbons (Fsp3) is 0.667. The SMILES string of the molecule is N#CCC(=O)C1C2CN(C(=O)O)CC21. The van der Waals surface area contributed by atoms with E-state index in [9.17, 15) is 9.59 Å². The van der Waals surface area contributed by atoms with Crippen LogP contribution in [0, 0.1) is 29.1 Å². The first kappa shape index (κ1) is 9.00. The first-order chi connectivity index (χ1) is 6.65. The van der Waals surface area contributed by atoms with Gasteiger partial charge in [-0.3, -0.25) is 4.79 Å². The van der Waals surface area contributed by atoms with E-state index in [1.165, 1.54) is 4.90 Å². The quantitative estimate of drug-likeness (QED) is 0.686. The second-order valence-corrected chi connectivity index (χ2v) is 3.84. The average molecular weight is 194 g/mol. The molecule has 1 aliphatic heterocycles. The molecule has 1 aliphatic carbocycles. The molecule has 2 atom stereocenters. The summed E-state index contributed by atoms with van der Waals surface area (Å²) in [5.74, 6) is 0.316. The van der Waals surface area contributed by atoms with Gasteiger partial charge in [-0.25, -0.2) is 4.79 Å². The van der Waals surface area contributed by atoms with Crippen molar-refractivity contribution in [3.63, 3.8) is 0 Å². The smallest absolute Gasteiger partial charge is 0.407 e.